The van der Waals surface area contributed by atoms with Crippen LogP contribution in [0.4, 0.5) is 0 Å². The molecule has 0 radical (unpaired) electrons. The highest BCUT2D eigenvalue weighted by Gasteiger charge is 2.21. The molecule has 0 saturated heterocycles. The zero-order valence-corrected chi connectivity index (χ0v) is 20.6. The largest absolute Gasteiger partial charge is 1.00 e. The van der Waals surface area contributed by atoms with E-state index in [1.54, 1.807) is 0 Å². The van der Waals surface area contributed by atoms with Crippen LogP contribution in [0.1, 0.15) is 19.7 Å². The number of aryl methyl sites for hydroxylation is 3. The molecule has 0 aliphatic heterocycles. The zero-order chi connectivity index (χ0) is 22.5. The fraction of sp³-hybridized carbons (Fsp3) is 0.167. The topological polar surface area (TPSA) is 13.7 Å². The number of aromatic nitrogens is 3. The summed E-state index contributed by atoms with van der Waals surface area (Å²) in [4.78, 5) is 0. The molecule has 170 valence electrons. The van der Waals surface area contributed by atoms with Gasteiger partial charge in [0.25, 0.3) is 5.82 Å². The van der Waals surface area contributed by atoms with Crippen molar-refractivity contribution in [2.24, 2.45) is 7.05 Å². The van der Waals surface area contributed by atoms with E-state index >= 15 is 0 Å². The summed E-state index contributed by atoms with van der Waals surface area (Å²) in [5, 5.41) is 7.77. The van der Waals surface area contributed by atoms with E-state index in [1.165, 1.54) is 54.7 Å². The highest BCUT2D eigenvalue weighted by atomic mass is 35.5. The highest BCUT2D eigenvalue weighted by Crippen LogP contribution is 2.25. The quantitative estimate of drug-likeness (QED) is 0.355. The van der Waals surface area contributed by atoms with Crippen LogP contribution in [-0.2, 0) is 20.1 Å². The number of hydrogen-bond donors (Lipinski definition) is 0. The Kier molecular flexibility index (Phi) is 5.66. The number of imidazole rings is 1. The van der Waals surface area contributed by atoms with Crippen LogP contribution < -0.4 is 22.3 Å². The molecule has 0 bridgehead atoms. The average Bonchev–Trinajstić information content (AvgIpc) is 3.30. The Bertz CT molecular complexity index is 1690. The molecule has 0 aliphatic rings. The van der Waals surface area contributed by atoms with E-state index in [0.29, 0.717) is 0 Å². The fourth-order valence-electron chi connectivity index (χ4n) is 5.44. The second-order valence-corrected chi connectivity index (χ2v) is 8.69. The van der Waals surface area contributed by atoms with Crippen molar-refractivity contribution in [1.82, 2.24) is 9.13 Å². The first-order valence-corrected chi connectivity index (χ1v) is 11.8. The van der Waals surface area contributed by atoms with Crippen LogP contribution in [0.5, 0.6) is 0 Å². The minimum absolute atomic E-state index is 0. The molecule has 2 aromatic heterocycles. The molecular formula is C30H28ClN3. The molecule has 6 aromatic rings. The Labute approximate surface area is 205 Å². The monoisotopic (exact) mass is 465 g/mol. The molecule has 0 amide bonds. The minimum Gasteiger partial charge on any atom is -1.00 e. The lowest BCUT2D eigenvalue weighted by atomic mass is 10.1. The first-order chi connectivity index (χ1) is 16.2. The lowest BCUT2D eigenvalue weighted by Gasteiger charge is -1.97. The first kappa shape index (κ1) is 22.2. The molecule has 34 heavy (non-hydrogen) atoms. The normalized spacial score (nSPS) is 12.6. The van der Waals surface area contributed by atoms with E-state index < -0.39 is 0 Å². The lowest BCUT2D eigenvalue weighted by molar-refractivity contribution is -0.670. The van der Waals surface area contributed by atoms with Gasteiger partial charge in [-0.05, 0) is 54.3 Å². The number of nitrogens with zero attached hydrogens (tertiary/aromatic N) is 3. The van der Waals surface area contributed by atoms with Gasteiger partial charge in [-0.2, -0.15) is 0 Å². The van der Waals surface area contributed by atoms with Gasteiger partial charge in [0.1, 0.15) is 0 Å². The van der Waals surface area contributed by atoms with Gasteiger partial charge in [-0.15, -0.1) is 0 Å². The summed E-state index contributed by atoms with van der Waals surface area (Å²) in [6, 6.07) is 26.4. The third-order valence-corrected chi connectivity index (χ3v) is 6.99. The van der Waals surface area contributed by atoms with Crippen molar-refractivity contribution in [3.8, 4) is 0 Å². The summed E-state index contributed by atoms with van der Waals surface area (Å²) >= 11 is 0. The van der Waals surface area contributed by atoms with Crippen LogP contribution in [0.25, 0.3) is 55.6 Å². The van der Waals surface area contributed by atoms with Gasteiger partial charge in [0.15, 0.2) is 11.0 Å². The van der Waals surface area contributed by atoms with Gasteiger partial charge < -0.3 is 17.0 Å². The summed E-state index contributed by atoms with van der Waals surface area (Å²) in [6.07, 6.45) is 6.73. The van der Waals surface area contributed by atoms with Crippen LogP contribution in [0.15, 0.2) is 78.9 Å². The maximum absolute atomic E-state index is 2.42. The number of allylic oxidation sites excluding steroid dienone is 1. The SMILES string of the molecule is CCn1c(/C=C/C=c2/c3cccc4cccc(c43)n2C)[n+](CC)c2cc3ccccc3cc21.[Cl-]. The molecule has 2 heterocycles. The van der Waals surface area contributed by atoms with Crippen molar-refractivity contribution in [3.05, 3.63) is 90.0 Å². The molecule has 0 spiro atoms. The molecule has 0 atom stereocenters. The molecule has 0 unspecified atom stereocenters. The Hall–Kier alpha value is -3.56. The number of halogens is 1. The van der Waals surface area contributed by atoms with Gasteiger partial charge in [0.05, 0.1) is 13.1 Å². The van der Waals surface area contributed by atoms with E-state index in [1.807, 2.05) is 0 Å². The Morgan fingerprint density at radius 2 is 1.53 bits per heavy atom. The Morgan fingerprint density at radius 3 is 2.26 bits per heavy atom. The predicted molar refractivity (Wildman–Crippen MR) is 140 cm³/mol. The summed E-state index contributed by atoms with van der Waals surface area (Å²) in [7, 11) is 2.16. The van der Waals surface area contributed by atoms with Crippen molar-refractivity contribution in [2.45, 2.75) is 26.9 Å². The van der Waals surface area contributed by atoms with Crippen LogP contribution in [0, 0.1) is 0 Å². The van der Waals surface area contributed by atoms with Gasteiger partial charge in [0.2, 0.25) is 0 Å². The van der Waals surface area contributed by atoms with Gasteiger partial charge in [-0.25, -0.2) is 9.13 Å². The molecule has 4 aromatic carbocycles. The van der Waals surface area contributed by atoms with Crippen LogP contribution in [-0.4, -0.2) is 9.13 Å². The standard InChI is InChI=1S/C30H28N3.ClH/c1-4-32-27-19-22-11-6-7-12-23(22)20-28(27)33(5-2)29(32)18-10-16-25-24-15-8-13-21-14-9-17-26(30(21)24)31(25)3;/h6-20H,4-5H2,1-3H3;1H/q+1;/p-1. The van der Waals surface area contributed by atoms with Crippen molar-refractivity contribution < 1.29 is 17.0 Å². The second-order valence-electron chi connectivity index (χ2n) is 8.69. The third kappa shape index (κ3) is 3.23. The van der Waals surface area contributed by atoms with E-state index in [9.17, 15) is 0 Å². The minimum atomic E-state index is 0. The van der Waals surface area contributed by atoms with Crippen molar-refractivity contribution in [3.63, 3.8) is 0 Å². The number of rotatable bonds is 4. The fourth-order valence-corrected chi connectivity index (χ4v) is 5.44. The lowest BCUT2D eigenvalue weighted by Crippen LogP contribution is -3.00. The van der Waals surface area contributed by atoms with E-state index in [4.69, 9.17) is 0 Å². The molecule has 0 N–H and O–H groups in total. The zero-order valence-electron chi connectivity index (χ0n) is 19.8. The Balaban J connectivity index is 0.00000241. The van der Waals surface area contributed by atoms with Gasteiger partial charge >= 0.3 is 0 Å². The van der Waals surface area contributed by atoms with Crippen molar-refractivity contribution in [1.29, 1.82) is 0 Å². The molecule has 0 aliphatic carbocycles. The molecule has 4 heteroatoms. The smallest absolute Gasteiger partial charge is 0.282 e. The van der Waals surface area contributed by atoms with Gasteiger partial charge in [-0.3, -0.25) is 0 Å². The number of fused-ring (bicyclic) bond motifs is 2. The van der Waals surface area contributed by atoms with E-state index in [-0.39, 0.29) is 12.4 Å². The summed E-state index contributed by atoms with van der Waals surface area (Å²) in [6.45, 7) is 6.32. The van der Waals surface area contributed by atoms with E-state index in [2.05, 4.69) is 126 Å². The second kappa shape index (κ2) is 8.66. The first-order valence-electron chi connectivity index (χ1n) is 11.8. The third-order valence-electron chi connectivity index (χ3n) is 6.99. The predicted octanol–water partition coefficient (Wildman–Crippen LogP) is 2.98. The summed E-state index contributed by atoms with van der Waals surface area (Å²) in [5.41, 5.74) is 3.86. The molecule has 0 saturated carbocycles. The maximum atomic E-state index is 2.42. The van der Waals surface area contributed by atoms with Crippen LogP contribution in [0.3, 0.4) is 0 Å². The Morgan fingerprint density at radius 1 is 0.824 bits per heavy atom. The highest BCUT2D eigenvalue weighted by molar-refractivity contribution is 6.10. The molecule has 3 nitrogen and oxygen atoms in total. The number of hydrogen-bond acceptors (Lipinski definition) is 0. The van der Waals surface area contributed by atoms with Crippen LogP contribution >= 0.6 is 0 Å². The van der Waals surface area contributed by atoms with E-state index in [0.717, 1.165) is 13.1 Å². The molecule has 6 rings (SSSR count). The van der Waals surface area contributed by atoms with Crippen LogP contribution in [0.2, 0.25) is 0 Å². The summed E-state index contributed by atoms with van der Waals surface area (Å²) in [5.74, 6) is 1.23. The summed E-state index contributed by atoms with van der Waals surface area (Å²) < 4.78 is 7.15. The van der Waals surface area contributed by atoms with Gasteiger partial charge in [0, 0.05) is 34.8 Å². The van der Waals surface area contributed by atoms with Crippen molar-refractivity contribution in [2.75, 3.05) is 0 Å². The van der Waals surface area contributed by atoms with Crippen molar-refractivity contribution >= 4 is 55.6 Å². The number of benzene rings is 4. The maximum Gasteiger partial charge on any atom is 0.282 e. The average molecular weight is 466 g/mol. The molecular weight excluding hydrogens is 438 g/mol. The van der Waals surface area contributed by atoms with Gasteiger partial charge in [-0.1, -0.05) is 60.7 Å². The molecule has 0 fully saturated rings.